The van der Waals surface area contributed by atoms with Crippen molar-refractivity contribution in [1.82, 2.24) is 19.9 Å². The Hall–Kier alpha value is -2.78. The second-order valence-corrected chi connectivity index (χ2v) is 4.57. The van der Waals surface area contributed by atoms with Gasteiger partial charge in [-0.3, -0.25) is 4.40 Å². The molecule has 21 heavy (non-hydrogen) atoms. The summed E-state index contributed by atoms with van der Waals surface area (Å²) in [6.45, 7) is 1.06. The molecule has 0 aliphatic heterocycles. The van der Waals surface area contributed by atoms with E-state index in [0.717, 1.165) is 17.0 Å². The number of hydrogen-bond donors (Lipinski definition) is 1. The fraction of sp³-hybridized carbons (Fsp3) is 0.133. The van der Waals surface area contributed by atoms with Crippen LogP contribution in [0.2, 0.25) is 0 Å². The number of nitriles is 1. The van der Waals surface area contributed by atoms with Crippen molar-refractivity contribution < 1.29 is 4.39 Å². The molecular weight excluding hydrogens is 269 g/mol. The van der Waals surface area contributed by atoms with E-state index in [1.165, 1.54) is 6.07 Å². The van der Waals surface area contributed by atoms with Crippen LogP contribution in [0, 0.1) is 17.1 Å². The number of nitrogens with zero attached hydrogens (tertiary/aromatic N) is 4. The van der Waals surface area contributed by atoms with Crippen molar-refractivity contribution in [2.75, 3.05) is 0 Å². The lowest BCUT2D eigenvalue weighted by Gasteiger charge is -2.05. The minimum Gasteiger partial charge on any atom is -0.306 e. The maximum absolute atomic E-state index is 13.2. The molecule has 2 heterocycles. The van der Waals surface area contributed by atoms with Crippen LogP contribution in [-0.2, 0) is 13.1 Å². The van der Waals surface area contributed by atoms with Gasteiger partial charge in [-0.2, -0.15) is 5.26 Å². The van der Waals surface area contributed by atoms with Crippen LogP contribution in [0.4, 0.5) is 4.39 Å². The molecule has 0 aliphatic rings. The van der Waals surface area contributed by atoms with E-state index < -0.39 is 5.82 Å². The van der Waals surface area contributed by atoms with Crippen LogP contribution < -0.4 is 5.32 Å². The van der Waals surface area contributed by atoms with E-state index >= 15 is 0 Å². The molecule has 0 saturated heterocycles. The molecule has 0 fully saturated rings. The van der Waals surface area contributed by atoms with Crippen LogP contribution in [0.5, 0.6) is 0 Å². The third kappa shape index (κ3) is 2.73. The van der Waals surface area contributed by atoms with E-state index in [-0.39, 0.29) is 5.56 Å². The number of hydrogen-bond acceptors (Lipinski definition) is 4. The Kier molecular flexibility index (Phi) is 3.58. The number of rotatable bonds is 4. The van der Waals surface area contributed by atoms with Gasteiger partial charge in [0.2, 0.25) is 0 Å². The van der Waals surface area contributed by atoms with Gasteiger partial charge in [0.15, 0.2) is 11.5 Å². The second-order valence-electron chi connectivity index (χ2n) is 4.57. The van der Waals surface area contributed by atoms with Gasteiger partial charge in [0.05, 0.1) is 12.1 Å². The van der Waals surface area contributed by atoms with Gasteiger partial charge in [-0.25, -0.2) is 4.39 Å². The van der Waals surface area contributed by atoms with Crippen molar-refractivity contribution in [3.05, 3.63) is 65.4 Å². The van der Waals surface area contributed by atoms with Crippen LogP contribution in [0.25, 0.3) is 5.65 Å². The maximum atomic E-state index is 13.2. The minimum atomic E-state index is -0.496. The highest BCUT2D eigenvalue weighted by atomic mass is 19.1. The Morgan fingerprint density at radius 2 is 2.10 bits per heavy atom. The molecule has 0 saturated carbocycles. The first kappa shape index (κ1) is 13.2. The average molecular weight is 281 g/mol. The molecule has 6 heteroatoms. The molecule has 0 unspecified atom stereocenters. The van der Waals surface area contributed by atoms with Gasteiger partial charge in [0.25, 0.3) is 0 Å². The highest BCUT2D eigenvalue weighted by Gasteiger charge is 2.05. The number of pyridine rings is 1. The summed E-state index contributed by atoms with van der Waals surface area (Å²) in [7, 11) is 0. The summed E-state index contributed by atoms with van der Waals surface area (Å²) >= 11 is 0. The van der Waals surface area contributed by atoms with Crippen LogP contribution in [0.3, 0.4) is 0 Å². The molecule has 2 aromatic heterocycles. The highest BCUT2D eigenvalue weighted by molar-refractivity contribution is 5.37. The zero-order chi connectivity index (χ0) is 14.7. The van der Waals surface area contributed by atoms with E-state index in [1.807, 2.05) is 34.9 Å². The standard InChI is InChI=1S/C15H12FN5/c16-13-5-4-11(7-12(13)8-17)9-18-10-15-20-19-14-3-1-2-6-21(14)15/h1-7,18H,9-10H2. The normalized spacial score (nSPS) is 10.7. The Labute approximate surface area is 120 Å². The molecule has 5 nitrogen and oxygen atoms in total. The van der Waals surface area contributed by atoms with Crippen LogP contribution in [0.1, 0.15) is 17.0 Å². The smallest absolute Gasteiger partial charge is 0.160 e. The van der Waals surface area contributed by atoms with E-state index in [0.29, 0.717) is 13.1 Å². The highest BCUT2D eigenvalue weighted by Crippen LogP contribution is 2.09. The largest absolute Gasteiger partial charge is 0.306 e. The molecule has 1 N–H and O–H groups in total. The summed E-state index contributed by atoms with van der Waals surface area (Å²) in [5.41, 5.74) is 1.70. The summed E-state index contributed by atoms with van der Waals surface area (Å²) in [6.07, 6.45) is 1.90. The Morgan fingerprint density at radius 1 is 1.19 bits per heavy atom. The van der Waals surface area contributed by atoms with Crippen molar-refractivity contribution in [3.8, 4) is 6.07 Å². The van der Waals surface area contributed by atoms with Gasteiger partial charge < -0.3 is 5.32 Å². The molecule has 3 rings (SSSR count). The molecule has 0 atom stereocenters. The van der Waals surface area contributed by atoms with Crippen molar-refractivity contribution in [1.29, 1.82) is 5.26 Å². The summed E-state index contributed by atoms with van der Waals surface area (Å²) in [5, 5.41) is 20.2. The molecule has 0 bridgehead atoms. The van der Waals surface area contributed by atoms with E-state index in [2.05, 4.69) is 15.5 Å². The van der Waals surface area contributed by atoms with Crippen LogP contribution in [0.15, 0.2) is 42.6 Å². The Balaban J connectivity index is 1.68. The average Bonchev–Trinajstić information content (AvgIpc) is 2.92. The monoisotopic (exact) mass is 281 g/mol. The summed E-state index contributed by atoms with van der Waals surface area (Å²) in [5.74, 6) is 0.304. The summed E-state index contributed by atoms with van der Waals surface area (Å²) in [4.78, 5) is 0. The number of fused-ring (bicyclic) bond motifs is 1. The van der Waals surface area contributed by atoms with Gasteiger partial charge in [0, 0.05) is 12.7 Å². The van der Waals surface area contributed by atoms with Crippen molar-refractivity contribution in [3.63, 3.8) is 0 Å². The molecule has 3 aromatic rings. The number of benzene rings is 1. The Morgan fingerprint density at radius 3 is 2.95 bits per heavy atom. The van der Waals surface area contributed by atoms with Crippen molar-refractivity contribution in [2.24, 2.45) is 0 Å². The van der Waals surface area contributed by atoms with Gasteiger partial charge in [-0.1, -0.05) is 12.1 Å². The first-order valence-corrected chi connectivity index (χ1v) is 6.46. The van der Waals surface area contributed by atoms with Crippen LogP contribution in [-0.4, -0.2) is 14.6 Å². The van der Waals surface area contributed by atoms with Crippen molar-refractivity contribution in [2.45, 2.75) is 13.1 Å². The summed E-state index contributed by atoms with van der Waals surface area (Å²) < 4.78 is 15.1. The molecule has 0 amide bonds. The van der Waals surface area contributed by atoms with E-state index in [1.54, 1.807) is 12.1 Å². The maximum Gasteiger partial charge on any atom is 0.160 e. The second kappa shape index (κ2) is 5.69. The molecule has 0 aliphatic carbocycles. The zero-order valence-electron chi connectivity index (χ0n) is 11.1. The Bertz CT molecular complexity index is 818. The fourth-order valence-corrected chi connectivity index (χ4v) is 2.10. The first-order chi connectivity index (χ1) is 10.3. The third-order valence-corrected chi connectivity index (χ3v) is 3.15. The number of aromatic nitrogens is 3. The van der Waals surface area contributed by atoms with E-state index in [9.17, 15) is 4.39 Å². The van der Waals surface area contributed by atoms with Gasteiger partial charge in [0.1, 0.15) is 11.9 Å². The molecular formula is C15H12FN5. The fourth-order valence-electron chi connectivity index (χ4n) is 2.10. The van der Waals surface area contributed by atoms with Gasteiger partial charge in [-0.05, 0) is 29.8 Å². The van der Waals surface area contributed by atoms with Gasteiger partial charge >= 0.3 is 0 Å². The molecule has 1 aromatic carbocycles. The lowest BCUT2D eigenvalue weighted by Crippen LogP contribution is -2.15. The van der Waals surface area contributed by atoms with E-state index in [4.69, 9.17) is 5.26 Å². The first-order valence-electron chi connectivity index (χ1n) is 6.46. The van der Waals surface area contributed by atoms with Crippen LogP contribution >= 0.6 is 0 Å². The quantitative estimate of drug-likeness (QED) is 0.794. The summed E-state index contributed by atoms with van der Waals surface area (Å²) in [6, 6.07) is 12.1. The lowest BCUT2D eigenvalue weighted by molar-refractivity contribution is 0.619. The zero-order valence-corrected chi connectivity index (χ0v) is 11.1. The SMILES string of the molecule is N#Cc1cc(CNCc2nnc3ccccn23)ccc1F. The predicted molar refractivity (Wildman–Crippen MR) is 74.6 cm³/mol. The topological polar surface area (TPSA) is 66.0 Å². The minimum absolute atomic E-state index is 0.0576. The predicted octanol–water partition coefficient (Wildman–Crippen LogP) is 2.03. The third-order valence-electron chi connectivity index (χ3n) is 3.15. The van der Waals surface area contributed by atoms with Gasteiger partial charge in [-0.15, -0.1) is 10.2 Å². The number of nitrogens with one attached hydrogen (secondary N) is 1. The molecule has 0 radical (unpaired) electrons. The number of halogens is 1. The van der Waals surface area contributed by atoms with Crippen molar-refractivity contribution >= 4 is 5.65 Å². The molecule has 0 spiro atoms. The lowest BCUT2D eigenvalue weighted by atomic mass is 10.1. The molecule has 104 valence electrons.